The SMILES string of the molecule is CC(C)(C)OC(=O)/C=C/c1cccc2c1Oc1c(/C=C/C(=O)OC(C)(C)C)cccc1C2(C)C. The fraction of sp³-hybridized carbons (Fsp3) is 0.379. The second-order valence-corrected chi connectivity index (χ2v) is 10.9. The maximum absolute atomic E-state index is 12.2. The van der Waals surface area contributed by atoms with Crippen LogP contribution in [-0.2, 0) is 24.5 Å². The average Bonchev–Trinajstić information content (AvgIpc) is 2.68. The molecular weight excluding hydrogens is 428 g/mol. The zero-order valence-electron chi connectivity index (χ0n) is 21.3. The fourth-order valence-corrected chi connectivity index (χ4v) is 3.82. The van der Waals surface area contributed by atoms with E-state index in [1.165, 1.54) is 12.2 Å². The number of fused-ring (bicyclic) bond motifs is 2. The van der Waals surface area contributed by atoms with Gasteiger partial charge in [0.25, 0.3) is 0 Å². The van der Waals surface area contributed by atoms with Crippen molar-refractivity contribution in [3.8, 4) is 11.5 Å². The van der Waals surface area contributed by atoms with Gasteiger partial charge in [0.1, 0.15) is 22.7 Å². The van der Waals surface area contributed by atoms with Crippen LogP contribution in [0.3, 0.4) is 0 Å². The Balaban J connectivity index is 1.99. The van der Waals surface area contributed by atoms with Gasteiger partial charge in [-0.05, 0) is 53.7 Å². The highest BCUT2D eigenvalue weighted by atomic mass is 16.6. The summed E-state index contributed by atoms with van der Waals surface area (Å²) in [5, 5.41) is 0. The zero-order valence-corrected chi connectivity index (χ0v) is 21.3. The monoisotopic (exact) mass is 462 g/mol. The number of ether oxygens (including phenoxy) is 3. The van der Waals surface area contributed by atoms with Gasteiger partial charge in [0.2, 0.25) is 0 Å². The molecule has 0 aliphatic carbocycles. The molecule has 1 heterocycles. The number of esters is 2. The van der Waals surface area contributed by atoms with Gasteiger partial charge in [-0.2, -0.15) is 0 Å². The Morgan fingerprint density at radius 3 is 1.47 bits per heavy atom. The first-order valence-corrected chi connectivity index (χ1v) is 11.4. The lowest BCUT2D eigenvalue weighted by molar-refractivity contribution is -0.149. The number of hydrogen-bond donors (Lipinski definition) is 0. The molecule has 0 saturated heterocycles. The summed E-state index contributed by atoms with van der Waals surface area (Å²) < 4.78 is 17.2. The summed E-state index contributed by atoms with van der Waals surface area (Å²) in [6, 6.07) is 11.8. The van der Waals surface area contributed by atoms with E-state index in [0.717, 1.165) is 22.3 Å². The number of rotatable bonds is 4. The van der Waals surface area contributed by atoms with E-state index in [1.54, 1.807) is 12.2 Å². The van der Waals surface area contributed by atoms with E-state index in [2.05, 4.69) is 13.8 Å². The number of benzene rings is 2. The van der Waals surface area contributed by atoms with Gasteiger partial charge in [0.05, 0.1) is 0 Å². The van der Waals surface area contributed by atoms with Gasteiger partial charge in [-0.1, -0.05) is 50.2 Å². The third kappa shape index (κ3) is 5.96. The third-order valence-corrected chi connectivity index (χ3v) is 5.25. The number of carbonyl (C=O) groups is 2. The molecule has 0 bridgehead atoms. The van der Waals surface area contributed by atoms with Crippen molar-refractivity contribution in [3.05, 3.63) is 70.8 Å². The fourth-order valence-electron chi connectivity index (χ4n) is 3.82. The minimum atomic E-state index is -0.565. The molecule has 180 valence electrons. The van der Waals surface area contributed by atoms with Gasteiger partial charge >= 0.3 is 11.9 Å². The minimum absolute atomic E-state index is 0.353. The molecule has 2 aromatic carbocycles. The first kappa shape index (κ1) is 25.3. The van der Waals surface area contributed by atoms with E-state index in [4.69, 9.17) is 14.2 Å². The van der Waals surface area contributed by atoms with E-state index < -0.39 is 23.1 Å². The van der Waals surface area contributed by atoms with Gasteiger partial charge in [0.15, 0.2) is 0 Å². The summed E-state index contributed by atoms with van der Waals surface area (Å²) in [5.41, 5.74) is 2.09. The maximum atomic E-state index is 12.2. The molecule has 3 rings (SSSR count). The molecule has 0 aromatic heterocycles. The predicted molar refractivity (Wildman–Crippen MR) is 135 cm³/mol. The predicted octanol–water partition coefficient (Wildman–Crippen LogP) is 6.83. The lowest BCUT2D eigenvalue weighted by Crippen LogP contribution is -2.25. The van der Waals surface area contributed by atoms with Crippen LogP contribution >= 0.6 is 0 Å². The molecule has 2 aromatic rings. The van der Waals surface area contributed by atoms with E-state index in [-0.39, 0.29) is 5.41 Å². The molecule has 0 amide bonds. The van der Waals surface area contributed by atoms with E-state index in [0.29, 0.717) is 11.5 Å². The molecule has 0 atom stereocenters. The van der Waals surface area contributed by atoms with Crippen molar-refractivity contribution in [2.75, 3.05) is 0 Å². The van der Waals surface area contributed by atoms with Gasteiger partial charge in [-0.25, -0.2) is 9.59 Å². The van der Waals surface area contributed by atoms with Gasteiger partial charge < -0.3 is 14.2 Å². The van der Waals surface area contributed by atoms with Crippen LogP contribution in [0.15, 0.2) is 48.6 Å². The van der Waals surface area contributed by atoms with E-state index in [1.807, 2.05) is 77.9 Å². The summed E-state index contributed by atoms with van der Waals surface area (Å²) in [6.45, 7) is 15.3. The van der Waals surface area contributed by atoms with Crippen LogP contribution < -0.4 is 4.74 Å². The molecule has 0 spiro atoms. The van der Waals surface area contributed by atoms with Crippen molar-refractivity contribution >= 4 is 24.1 Å². The molecule has 0 N–H and O–H groups in total. The van der Waals surface area contributed by atoms with E-state index >= 15 is 0 Å². The van der Waals surface area contributed by atoms with Crippen LogP contribution in [0.25, 0.3) is 12.2 Å². The van der Waals surface area contributed by atoms with Crippen LogP contribution in [0.5, 0.6) is 11.5 Å². The van der Waals surface area contributed by atoms with Crippen molar-refractivity contribution < 1.29 is 23.8 Å². The molecule has 1 aliphatic rings. The van der Waals surface area contributed by atoms with Crippen molar-refractivity contribution in [3.63, 3.8) is 0 Å². The Hall–Kier alpha value is -3.34. The Morgan fingerprint density at radius 2 is 1.12 bits per heavy atom. The molecule has 0 saturated carbocycles. The van der Waals surface area contributed by atoms with Gasteiger partial charge in [-0.15, -0.1) is 0 Å². The lowest BCUT2D eigenvalue weighted by Gasteiger charge is -2.36. The maximum Gasteiger partial charge on any atom is 0.331 e. The Bertz CT molecular complexity index is 1060. The molecule has 0 radical (unpaired) electrons. The largest absolute Gasteiger partial charge is 0.457 e. The smallest absolute Gasteiger partial charge is 0.331 e. The second-order valence-electron chi connectivity index (χ2n) is 10.9. The Morgan fingerprint density at radius 1 is 0.735 bits per heavy atom. The molecule has 34 heavy (non-hydrogen) atoms. The van der Waals surface area contributed by atoms with Gasteiger partial charge in [-0.3, -0.25) is 0 Å². The summed E-state index contributed by atoms with van der Waals surface area (Å²) in [7, 11) is 0. The van der Waals surface area contributed by atoms with Crippen LogP contribution in [0.2, 0.25) is 0 Å². The summed E-state index contributed by atoms with van der Waals surface area (Å²) in [5.74, 6) is 0.527. The highest BCUT2D eigenvalue weighted by molar-refractivity contribution is 5.89. The molecule has 5 heteroatoms. The molecular formula is C29H34O5. The normalized spacial score (nSPS) is 14.9. The third-order valence-electron chi connectivity index (χ3n) is 5.25. The zero-order chi connectivity index (χ0) is 25.3. The standard InChI is InChI=1S/C29H34O5/c1-27(2,3)33-23(30)17-15-19-11-9-13-21-25(19)32-26-20(12-10-14-22(26)29(21,7)8)16-18-24(31)34-28(4,5)6/h9-18H,1-8H3/b17-15+,18-16+. The van der Waals surface area contributed by atoms with Crippen molar-refractivity contribution in [1.82, 2.24) is 0 Å². The topological polar surface area (TPSA) is 61.8 Å². The minimum Gasteiger partial charge on any atom is -0.457 e. The lowest BCUT2D eigenvalue weighted by atomic mass is 9.74. The van der Waals surface area contributed by atoms with Crippen LogP contribution in [0.4, 0.5) is 0 Å². The number of carbonyl (C=O) groups excluding carboxylic acids is 2. The Labute approximate surface area is 202 Å². The van der Waals surface area contributed by atoms with Crippen LogP contribution in [0.1, 0.15) is 77.6 Å². The highest BCUT2D eigenvalue weighted by Gasteiger charge is 2.36. The Kier molecular flexibility index (Phi) is 6.79. The summed E-state index contributed by atoms with van der Waals surface area (Å²) in [4.78, 5) is 24.5. The first-order valence-electron chi connectivity index (χ1n) is 11.4. The van der Waals surface area contributed by atoms with Crippen LogP contribution in [0, 0.1) is 0 Å². The van der Waals surface area contributed by atoms with Crippen molar-refractivity contribution in [1.29, 1.82) is 0 Å². The highest BCUT2D eigenvalue weighted by Crippen LogP contribution is 2.50. The summed E-state index contributed by atoms with van der Waals surface area (Å²) in [6.07, 6.45) is 6.27. The second kappa shape index (κ2) is 9.13. The molecule has 0 unspecified atom stereocenters. The molecule has 5 nitrogen and oxygen atoms in total. The van der Waals surface area contributed by atoms with Crippen molar-refractivity contribution in [2.45, 2.75) is 72.0 Å². The quantitative estimate of drug-likeness (QED) is 0.368. The van der Waals surface area contributed by atoms with Gasteiger partial charge in [0, 0.05) is 39.8 Å². The van der Waals surface area contributed by atoms with E-state index in [9.17, 15) is 9.59 Å². The molecule has 0 fully saturated rings. The number of hydrogen-bond acceptors (Lipinski definition) is 5. The van der Waals surface area contributed by atoms with Crippen molar-refractivity contribution in [2.24, 2.45) is 0 Å². The molecule has 1 aliphatic heterocycles. The first-order chi connectivity index (χ1) is 15.7. The average molecular weight is 463 g/mol. The van der Waals surface area contributed by atoms with Crippen LogP contribution in [-0.4, -0.2) is 23.1 Å². The summed E-state index contributed by atoms with van der Waals surface area (Å²) >= 11 is 0. The number of para-hydroxylation sites is 2.